The smallest absolute Gasteiger partial charge is 0.260 e. The Kier molecular flexibility index (Phi) is 5.36. The second kappa shape index (κ2) is 7.71. The van der Waals surface area contributed by atoms with Crippen LogP contribution >= 0.6 is 23.4 Å². The van der Waals surface area contributed by atoms with E-state index < -0.39 is 10.8 Å². The molecule has 0 spiro atoms. The molecule has 0 aliphatic carbocycles. The first-order chi connectivity index (χ1) is 14.3. The number of carbonyl (C=O) groups excluding carboxylic acids is 2. The summed E-state index contributed by atoms with van der Waals surface area (Å²) in [6.07, 6.45) is 0. The van der Waals surface area contributed by atoms with Gasteiger partial charge in [0.05, 0.1) is 19.8 Å². The monoisotopic (exact) mass is 446 g/mol. The minimum absolute atomic E-state index is 0.206. The van der Waals surface area contributed by atoms with Crippen LogP contribution in [0.4, 0.5) is 0 Å². The number of thioether (sulfide) groups is 1. The van der Waals surface area contributed by atoms with Gasteiger partial charge in [-0.15, -0.1) is 11.8 Å². The Balaban J connectivity index is 1.65. The third kappa shape index (κ3) is 3.20. The van der Waals surface area contributed by atoms with E-state index >= 15 is 0 Å². The minimum Gasteiger partial charge on any atom is -0.493 e. The van der Waals surface area contributed by atoms with Crippen LogP contribution in [0, 0.1) is 0 Å². The Hall–Kier alpha value is -2.38. The highest BCUT2D eigenvalue weighted by molar-refractivity contribution is 8.01. The summed E-state index contributed by atoms with van der Waals surface area (Å²) in [7, 11) is 3.05. The van der Waals surface area contributed by atoms with Crippen molar-refractivity contribution < 1.29 is 19.1 Å². The second-order valence-corrected chi connectivity index (χ2v) is 9.90. The number of nitrogens with zero attached hydrogens (tertiary/aromatic N) is 1. The van der Waals surface area contributed by atoms with Crippen molar-refractivity contribution in [2.75, 3.05) is 14.2 Å². The average molecular weight is 447 g/mol. The molecule has 0 saturated carbocycles. The Morgan fingerprint density at radius 1 is 1.20 bits per heavy atom. The van der Waals surface area contributed by atoms with E-state index in [2.05, 4.69) is 5.32 Å². The van der Waals surface area contributed by atoms with Crippen LogP contribution in [0.3, 0.4) is 0 Å². The summed E-state index contributed by atoms with van der Waals surface area (Å²) in [6.45, 7) is 4.28. The van der Waals surface area contributed by atoms with E-state index in [1.807, 2.05) is 38.1 Å². The lowest BCUT2D eigenvalue weighted by Crippen LogP contribution is -2.52. The van der Waals surface area contributed by atoms with Gasteiger partial charge in [-0.3, -0.25) is 9.59 Å². The van der Waals surface area contributed by atoms with Crippen LogP contribution in [0.1, 0.15) is 40.7 Å². The zero-order chi connectivity index (χ0) is 21.6. The van der Waals surface area contributed by atoms with E-state index in [1.165, 1.54) is 14.2 Å². The molecular formula is C22H23ClN2O4S. The van der Waals surface area contributed by atoms with E-state index in [-0.39, 0.29) is 17.2 Å². The standard InChI is InChI=1S/C22H23ClN2O4S/c1-22(2)18(19(26)24-11-12-7-5-6-8-14(12)23)25-20(27)16-13(21(25)30-22)9-10-15(28-3)17(16)29-4/h5-10,18,21H,11H2,1-4H3,(H,24,26). The summed E-state index contributed by atoms with van der Waals surface area (Å²) < 4.78 is 10.4. The van der Waals surface area contributed by atoms with Gasteiger partial charge in [0.2, 0.25) is 5.91 Å². The SMILES string of the molecule is COc1ccc2c(c1OC)C(=O)N1C2SC(C)(C)C1C(=O)NCc1ccccc1Cl. The zero-order valence-electron chi connectivity index (χ0n) is 17.2. The molecule has 6 nitrogen and oxygen atoms in total. The molecule has 1 fully saturated rings. The molecule has 2 heterocycles. The van der Waals surface area contributed by atoms with Crippen molar-refractivity contribution in [3.05, 3.63) is 58.1 Å². The van der Waals surface area contributed by atoms with E-state index in [4.69, 9.17) is 21.1 Å². The van der Waals surface area contributed by atoms with Gasteiger partial charge in [-0.2, -0.15) is 0 Å². The number of amides is 2. The van der Waals surface area contributed by atoms with Crippen LogP contribution in [-0.2, 0) is 11.3 Å². The lowest BCUT2D eigenvalue weighted by molar-refractivity contribution is -0.126. The van der Waals surface area contributed by atoms with Crippen LogP contribution in [-0.4, -0.2) is 41.7 Å². The van der Waals surface area contributed by atoms with Crippen molar-refractivity contribution in [1.82, 2.24) is 10.2 Å². The molecule has 2 atom stereocenters. The highest BCUT2D eigenvalue weighted by Crippen LogP contribution is 2.58. The highest BCUT2D eigenvalue weighted by Gasteiger charge is 2.58. The lowest BCUT2D eigenvalue weighted by Gasteiger charge is -2.29. The zero-order valence-corrected chi connectivity index (χ0v) is 18.8. The number of nitrogens with one attached hydrogen (secondary N) is 1. The molecule has 0 bridgehead atoms. The number of benzene rings is 2. The van der Waals surface area contributed by atoms with E-state index in [9.17, 15) is 9.59 Å². The van der Waals surface area contributed by atoms with Gasteiger partial charge in [0, 0.05) is 21.9 Å². The van der Waals surface area contributed by atoms with Crippen molar-refractivity contribution in [2.24, 2.45) is 0 Å². The van der Waals surface area contributed by atoms with Gasteiger partial charge in [-0.25, -0.2) is 0 Å². The van der Waals surface area contributed by atoms with Crippen LogP contribution in [0.5, 0.6) is 11.5 Å². The molecule has 158 valence electrons. The summed E-state index contributed by atoms with van der Waals surface area (Å²) in [4.78, 5) is 28.3. The van der Waals surface area contributed by atoms with Crippen molar-refractivity contribution in [1.29, 1.82) is 0 Å². The molecule has 2 aliphatic heterocycles. The summed E-state index contributed by atoms with van der Waals surface area (Å²) in [5.74, 6) is 0.474. The van der Waals surface area contributed by atoms with Gasteiger partial charge in [-0.05, 0) is 31.5 Å². The third-order valence-electron chi connectivity index (χ3n) is 5.56. The van der Waals surface area contributed by atoms with Gasteiger partial charge in [-0.1, -0.05) is 35.9 Å². The Morgan fingerprint density at radius 3 is 2.60 bits per heavy atom. The molecule has 2 amide bonds. The first-order valence-corrected chi connectivity index (χ1v) is 10.8. The maximum atomic E-state index is 13.4. The second-order valence-electron chi connectivity index (χ2n) is 7.76. The average Bonchev–Trinajstić information content (AvgIpc) is 3.15. The number of fused-ring (bicyclic) bond motifs is 3. The fourth-order valence-electron chi connectivity index (χ4n) is 4.18. The van der Waals surface area contributed by atoms with Crippen molar-refractivity contribution in [3.63, 3.8) is 0 Å². The number of methoxy groups -OCH3 is 2. The minimum atomic E-state index is -0.634. The molecule has 30 heavy (non-hydrogen) atoms. The molecular weight excluding hydrogens is 424 g/mol. The van der Waals surface area contributed by atoms with Gasteiger partial charge >= 0.3 is 0 Å². The van der Waals surface area contributed by atoms with E-state index in [0.29, 0.717) is 28.6 Å². The van der Waals surface area contributed by atoms with E-state index in [0.717, 1.165) is 11.1 Å². The Labute approximate surface area is 184 Å². The molecule has 2 aromatic rings. The van der Waals surface area contributed by atoms with Gasteiger partial charge in [0.25, 0.3) is 5.91 Å². The van der Waals surface area contributed by atoms with Gasteiger partial charge < -0.3 is 19.7 Å². The van der Waals surface area contributed by atoms with Gasteiger partial charge in [0.1, 0.15) is 11.4 Å². The number of hydrogen-bond acceptors (Lipinski definition) is 5. The van der Waals surface area contributed by atoms with Crippen LogP contribution in [0.25, 0.3) is 0 Å². The van der Waals surface area contributed by atoms with E-state index in [1.54, 1.807) is 28.8 Å². The molecule has 1 N–H and O–H groups in total. The fourth-order valence-corrected chi connectivity index (χ4v) is 5.96. The third-order valence-corrected chi connectivity index (χ3v) is 7.46. The number of halogens is 1. The van der Waals surface area contributed by atoms with Gasteiger partial charge in [0.15, 0.2) is 11.5 Å². The number of ether oxygens (including phenoxy) is 2. The predicted octanol–water partition coefficient (Wildman–Crippen LogP) is 4.02. The van der Waals surface area contributed by atoms with Crippen LogP contribution in [0.15, 0.2) is 36.4 Å². The highest BCUT2D eigenvalue weighted by atomic mass is 35.5. The molecule has 2 aliphatic rings. The molecule has 8 heteroatoms. The topological polar surface area (TPSA) is 67.9 Å². The molecule has 1 saturated heterocycles. The number of carbonyl (C=O) groups is 2. The molecule has 2 unspecified atom stereocenters. The summed E-state index contributed by atoms with van der Waals surface area (Å²) in [5, 5.41) is 3.31. The normalized spacial score (nSPS) is 21.2. The Bertz CT molecular complexity index is 1030. The lowest BCUT2D eigenvalue weighted by atomic mass is 10.0. The number of rotatable bonds is 5. The fraction of sp³-hybridized carbons (Fsp3) is 0.364. The first-order valence-electron chi connectivity index (χ1n) is 9.56. The van der Waals surface area contributed by atoms with Crippen molar-refractivity contribution >= 4 is 35.2 Å². The molecule has 4 rings (SSSR count). The molecule has 2 aromatic carbocycles. The van der Waals surface area contributed by atoms with Crippen molar-refractivity contribution in [2.45, 2.75) is 36.6 Å². The maximum Gasteiger partial charge on any atom is 0.260 e. The van der Waals surface area contributed by atoms with Crippen molar-refractivity contribution in [3.8, 4) is 11.5 Å². The summed E-state index contributed by atoms with van der Waals surface area (Å²) >= 11 is 7.81. The maximum absolute atomic E-state index is 13.4. The summed E-state index contributed by atoms with van der Waals surface area (Å²) in [5.41, 5.74) is 2.14. The first kappa shape index (κ1) is 20.9. The summed E-state index contributed by atoms with van der Waals surface area (Å²) in [6, 6.07) is 10.4. The molecule has 0 aromatic heterocycles. The quantitative estimate of drug-likeness (QED) is 0.751. The number of hydrogen-bond donors (Lipinski definition) is 1. The largest absolute Gasteiger partial charge is 0.493 e. The van der Waals surface area contributed by atoms with Crippen LogP contribution in [0.2, 0.25) is 5.02 Å². The Morgan fingerprint density at radius 2 is 1.93 bits per heavy atom. The predicted molar refractivity (Wildman–Crippen MR) is 117 cm³/mol. The molecule has 0 radical (unpaired) electrons. The van der Waals surface area contributed by atoms with Crippen LogP contribution < -0.4 is 14.8 Å².